The Balaban J connectivity index is 4.11. The van der Waals surface area contributed by atoms with E-state index in [0.717, 1.165) is 38.5 Å². The van der Waals surface area contributed by atoms with Crippen LogP contribution in [0.25, 0.3) is 0 Å². The summed E-state index contributed by atoms with van der Waals surface area (Å²) in [6.45, 7) is 5.02. The number of carbonyl (C=O) groups excluding carboxylic acids is 3. The van der Waals surface area contributed by atoms with Gasteiger partial charge in [-0.05, 0) is 23.7 Å². The summed E-state index contributed by atoms with van der Waals surface area (Å²) in [5, 5.41) is 0. The Morgan fingerprint density at radius 1 is 0.524 bits per heavy atom. The second-order valence-corrected chi connectivity index (χ2v) is 13.7. The van der Waals surface area contributed by atoms with Gasteiger partial charge in [0.15, 0.2) is 5.75 Å². The summed E-state index contributed by atoms with van der Waals surface area (Å²) >= 11 is 0. The molecule has 0 unspecified atom stereocenters. The summed E-state index contributed by atoms with van der Waals surface area (Å²) in [7, 11) is -1.05. The molecule has 248 valence electrons. The van der Waals surface area contributed by atoms with Crippen LogP contribution in [0, 0.1) is 0 Å². The van der Waals surface area contributed by atoms with Crippen LogP contribution in [0.5, 0.6) is 0 Å². The number of alkyl halides is 3. The van der Waals surface area contributed by atoms with Gasteiger partial charge in [-0.15, -0.1) is 0 Å². The molecular weight excluding hydrogens is 565 g/mol. The molecule has 0 saturated carbocycles. The Morgan fingerprint density at radius 2 is 0.833 bits per heavy atom. The van der Waals surface area contributed by atoms with E-state index in [1.165, 1.54) is 89.9 Å². The molecule has 0 N–H and O–H groups in total. The number of ketones is 1. The standard InChI is InChI=1S/C33H60F3O5S/c1-3-5-7-9-11-13-15-17-19-21-25-40-31(38)23-27-42(29-30(37)33(34,35)36)28-24-32(39)41-26-22-20-18-16-14-12-10-8-6-4-2/h3-29H2,1-2H3/q+1. The highest BCUT2D eigenvalue weighted by Crippen LogP contribution is 2.19. The molecule has 0 rings (SSSR count). The normalized spacial score (nSPS) is 11.7. The predicted octanol–water partition coefficient (Wildman–Crippen LogP) is 9.44. The minimum atomic E-state index is -4.92. The zero-order chi connectivity index (χ0) is 31.3. The fraction of sp³-hybridized carbons (Fsp3) is 0.909. The van der Waals surface area contributed by atoms with E-state index in [-0.39, 0.29) is 24.3 Å². The van der Waals surface area contributed by atoms with E-state index in [1.54, 1.807) is 0 Å². The number of carbonyl (C=O) groups is 3. The number of esters is 2. The lowest BCUT2D eigenvalue weighted by atomic mass is 10.1. The molecule has 0 aromatic carbocycles. The van der Waals surface area contributed by atoms with Crippen molar-refractivity contribution in [2.75, 3.05) is 30.5 Å². The van der Waals surface area contributed by atoms with Gasteiger partial charge in [-0.2, -0.15) is 13.2 Å². The summed E-state index contributed by atoms with van der Waals surface area (Å²) in [4.78, 5) is 35.9. The van der Waals surface area contributed by atoms with E-state index in [1.807, 2.05) is 0 Å². The largest absolute Gasteiger partial charge is 0.466 e. The lowest BCUT2D eigenvalue weighted by Gasteiger charge is -2.11. The summed E-state index contributed by atoms with van der Waals surface area (Å²) < 4.78 is 49.1. The quantitative estimate of drug-likeness (QED) is 0.0452. The monoisotopic (exact) mass is 625 g/mol. The van der Waals surface area contributed by atoms with Crippen molar-refractivity contribution in [1.29, 1.82) is 0 Å². The summed E-state index contributed by atoms with van der Waals surface area (Å²) in [6.07, 6.45) is 18.3. The van der Waals surface area contributed by atoms with Gasteiger partial charge < -0.3 is 9.47 Å². The molecule has 0 heterocycles. The number of halogens is 3. The van der Waals surface area contributed by atoms with Crippen LogP contribution < -0.4 is 0 Å². The highest BCUT2D eigenvalue weighted by Gasteiger charge is 2.42. The lowest BCUT2D eigenvalue weighted by Crippen LogP contribution is -2.33. The van der Waals surface area contributed by atoms with Crippen LogP contribution in [0.3, 0.4) is 0 Å². The highest BCUT2D eigenvalue weighted by atomic mass is 32.2. The van der Waals surface area contributed by atoms with Crippen LogP contribution in [-0.4, -0.2) is 54.4 Å². The van der Waals surface area contributed by atoms with Crippen molar-refractivity contribution in [2.45, 2.75) is 161 Å². The minimum absolute atomic E-state index is 0.0559. The van der Waals surface area contributed by atoms with Gasteiger partial charge >= 0.3 is 18.1 Å². The van der Waals surface area contributed by atoms with Gasteiger partial charge in [-0.3, -0.25) is 14.4 Å². The molecule has 0 atom stereocenters. The smallest absolute Gasteiger partial charge is 0.455 e. The molecule has 9 heteroatoms. The van der Waals surface area contributed by atoms with Crippen LogP contribution in [0.4, 0.5) is 13.2 Å². The fourth-order valence-electron chi connectivity index (χ4n) is 4.66. The van der Waals surface area contributed by atoms with Crippen molar-refractivity contribution < 1.29 is 37.0 Å². The Labute approximate surface area is 257 Å². The molecule has 0 saturated heterocycles. The second-order valence-electron chi connectivity index (χ2n) is 11.4. The Kier molecular flexibility index (Phi) is 27.7. The van der Waals surface area contributed by atoms with Gasteiger partial charge in [-0.1, -0.05) is 129 Å². The lowest BCUT2D eigenvalue weighted by molar-refractivity contribution is -0.168. The molecule has 0 fully saturated rings. The molecule has 0 amide bonds. The van der Waals surface area contributed by atoms with Crippen molar-refractivity contribution in [1.82, 2.24) is 0 Å². The van der Waals surface area contributed by atoms with Crippen LogP contribution in [0.1, 0.15) is 155 Å². The molecular formula is C33H60F3O5S+. The topological polar surface area (TPSA) is 69.7 Å². The van der Waals surface area contributed by atoms with Gasteiger partial charge in [0.2, 0.25) is 0 Å². The maximum absolute atomic E-state index is 12.9. The molecule has 5 nitrogen and oxygen atoms in total. The molecule has 0 aromatic rings. The second kappa shape index (κ2) is 28.5. The van der Waals surface area contributed by atoms with E-state index in [0.29, 0.717) is 13.2 Å². The van der Waals surface area contributed by atoms with Crippen molar-refractivity contribution in [3.8, 4) is 0 Å². The van der Waals surface area contributed by atoms with Gasteiger partial charge in [0.05, 0.1) is 26.1 Å². The molecule has 0 bridgehead atoms. The van der Waals surface area contributed by atoms with Crippen molar-refractivity contribution in [3.05, 3.63) is 0 Å². The molecule has 42 heavy (non-hydrogen) atoms. The molecule has 0 aliphatic heterocycles. The van der Waals surface area contributed by atoms with Gasteiger partial charge in [0.25, 0.3) is 5.78 Å². The first kappa shape index (κ1) is 40.8. The zero-order valence-electron chi connectivity index (χ0n) is 26.7. The Bertz CT molecular complexity index is 631. The average molecular weight is 626 g/mol. The third-order valence-corrected chi connectivity index (χ3v) is 9.60. The minimum Gasteiger partial charge on any atom is -0.466 e. The molecule has 0 aliphatic carbocycles. The third kappa shape index (κ3) is 27.6. The number of Topliss-reactive ketones (excluding diaryl/α,β-unsaturated/α-hetero) is 1. The van der Waals surface area contributed by atoms with Crippen LogP contribution in [0.2, 0.25) is 0 Å². The van der Waals surface area contributed by atoms with Gasteiger partial charge in [0.1, 0.15) is 11.5 Å². The first-order valence-corrected chi connectivity index (χ1v) is 18.5. The predicted molar refractivity (Wildman–Crippen MR) is 168 cm³/mol. The van der Waals surface area contributed by atoms with Gasteiger partial charge in [-0.25, -0.2) is 0 Å². The average Bonchev–Trinajstić information content (AvgIpc) is 2.95. The number of hydrogen-bond acceptors (Lipinski definition) is 5. The Morgan fingerprint density at radius 3 is 1.14 bits per heavy atom. The van der Waals surface area contributed by atoms with Crippen molar-refractivity contribution in [2.24, 2.45) is 0 Å². The number of ether oxygens (including phenoxy) is 2. The van der Waals surface area contributed by atoms with Gasteiger partial charge in [0, 0.05) is 0 Å². The zero-order valence-corrected chi connectivity index (χ0v) is 27.5. The summed E-state index contributed by atoms with van der Waals surface area (Å²) in [5.74, 6) is -3.25. The Hall–Kier alpha value is -1.25. The van der Waals surface area contributed by atoms with E-state index in [2.05, 4.69) is 13.8 Å². The SMILES string of the molecule is CCCCCCCCCCCCOC(=O)CC[S+](CCC(=O)OCCCCCCCCCCCC)CC(=O)C(F)(F)F. The third-order valence-electron chi connectivity index (χ3n) is 7.36. The van der Waals surface area contributed by atoms with Crippen LogP contribution in [0.15, 0.2) is 0 Å². The number of unbranched alkanes of at least 4 members (excludes halogenated alkanes) is 18. The van der Waals surface area contributed by atoms with Crippen molar-refractivity contribution >= 4 is 28.6 Å². The number of hydrogen-bond donors (Lipinski definition) is 0. The maximum atomic E-state index is 12.9. The van der Waals surface area contributed by atoms with Crippen LogP contribution in [-0.2, 0) is 34.8 Å². The summed E-state index contributed by atoms with van der Waals surface area (Å²) in [5.41, 5.74) is 0. The first-order valence-electron chi connectivity index (χ1n) is 16.8. The summed E-state index contributed by atoms with van der Waals surface area (Å²) in [6, 6.07) is 0. The van der Waals surface area contributed by atoms with E-state index in [4.69, 9.17) is 9.47 Å². The van der Waals surface area contributed by atoms with Crippen molar-refractivity contribution in [3.63, 3.8) is 0 Å². The van der Waals surface area contributed by atoms with E-state index < -0.39 is 40.5 Å². The maximum Gasteiger partial charge on any atom is 0.455 e. The molecule has 0 aromatic heterocycles. The molecule has 0 spiro atoms. The fourth-order valence-corrected chi connectivity index (χ4v) is 6.60. The van der Waals surface area contributed by atoms with E-state index >= 15 is 0 Å². The first-order chi connectivity index (χ1) is 20.2. The highest BCUT2D eigenvalue weighted by molar-refractivity contribution is 7.97. The number of rotatable bonds is 30. The van der Waals surface area contributed by atoms with E-state index in [9.17, 15) is 27.6 Å². The molecule has 0 radical (unpaired) electrons. The van der Waals surface area contributed by atoms with Crippen LogP contribution >= 0.6 is 0 Å². The molecule has 0 aliphatic rings.